The summed E-state index contributed by atoms with van der Waals surface area (Å²) in [6.45, 7) is 4.20. The van der Waals surface area contributed by atoms with Gasteiger partial charge in [0.2, 0.25) is 0 Å². The van der Waals surface area contributed by atoms with Gasteiger partial charge in [-0.25, -0.2) is 13.4 Å². The molecule has 2 aromatic heterocycles. The Bertz CT molecular complexity index is 1320. The molecule has 0 amide bonds. The first-order valence-electron chi connectivity index (χ1n) is 9.37. The Hall–Kier alpha value is -2.84. The number of rotatable bonds is 6. The van der Waals surface area contributed by atoms with Crippen LogP contribution in [0.15, 0.2) is 76.4 Å². The third kappa shape index (κ3) is 4.06. The number of nitrogens with one attached hydrogen (secondary N) is 1. The topological polar surface area (TPSA) is 72.7 Å². The number of hydrogen-bond donors (Lipinski definition) is 1. The Morgan fingerprint density at radius 1 is 1.13 bits per heavy atom. The van der Waals surface area contributed by atoms with Crippen molar-refractivity contribution in [1.29, 1.82) is 0 Å². The monoisotopic (exact) mass is 485 g/mol. The van der Waals surface area contributed by atoms with Gasteiger partial charge in [0.15, 0.2) is 0 Å². The molecule has 0 saturated carbocycles. The molecular formula is C22H20BrN3O3S. The van der Waals surface area contributed by atoms with E-state index in [2.05, 4.69) is 25.6 Å². The van der Waals surface area contributed by atoms with E-state index in [0.717, 1.165) is 22.5 Å². The molecule has 154 valence electrons. The molecule has 0 spiro atoms. The van der Waals surface area contributed by atoms with Crippen molar-refractivity contribution in [3.63, 3.8) is 0 Å². The first kappa shape index (κ1) is 20.4. The highest BCUT2D eigenvalue weighted by molar-refractivity contribution is 9.10. The van der Waals surface area contributed by atoms with Gasteiger partial charge in [-0.3, -0.25) is 4.72 Å². The SMILES string of the molecule is CCOc1ccc(Br)cc1S(=O)(=O)Nc1ccc(-c2cn3cccc(C)c3n2)cc1. The normalized spacial score (nSPS) is 11.6. The number of hydrogen-bond acceptors (Lipinski definition) is 4. The number of anilines is 1. The van der Waals surface area contributed by atoms with Crippen LogP contribution in [0.4, 0.5) is 5.69 Å². The van der Waals surface area contributed by atoms with Crippen LogP contribution in [-0.4, -0.2) is 24.4 Å². The third-order valence-corrected chi connectivity index (χ3v) is 6.50. The van der Waals surface area contributed by atoms with E-state index in [4.69, 9.17) is 4.74 Å². The van der Waals surface area contributed by atoms with Crippen LogP contribution in [0, 0.1) is 6.92 Å². The summed E-state index contributed by atoms with van der Waals surface area (Å²) >= 11 is 3.32. The van der Waals surface area contributed by atoms with Gasteiger partial charge in [-0.15, -0.1) is 0 Å². The van der Waals surface area contributed by atoms with Crippen LogP contribution >= 0.6 is 15.9 Å². The molecule has 2 aromatic carbocycles. The van der Waals surface area contributed by atoms with Crippen LogP contribution in [0.25, 0.3) is 16.9 Å². The van der Waals surface area contributed by atoms with E-state index >= 15 is 0 Å². The molecule has 0 unspecified atom stereocenters. The number of imidazole rings is 1. The minimum absolute atomic E-state index is 0.0821. The Balaban J connectivity index is 1.61. The Morgan fingerprint density at radius 3 is 2.60 bits per heavy atom. The van der Waals surface area contributed by atoms with Crippen molar-refractivity contribution in [3.8, 4) is 17.0 Å². The molecule has 0 atom stereocenters. The fourth-order valence-corrected chi connectivity index (χ4v) is 4.92. The summed E-state index contributed by atoms with van der Waals surface area (Å²) in [6.07, 6.45) is 3.91. The number of aromatic nitrogens is 2. The maximum absolute atomic E-state index is 12.9. The lowest BCUT2D eigenvalue weighted by atomic mass is 10.1. The molecule has 0 fully saturated rings. The lowest BCUT2D eigenvalue weighted by Crippen LogP contribution is -2.14. The number of sulfonamides is 1. The maximum Gasteiger partial charge on any atom is 0.265 e. The van der Waals surface area contributed by atoms with Gasteiger partial charge < -0.3 is 9.14 Å². The highest BCUT2D eigenvalue weighted by Gasteiger charge is 2.20. The maximum atomic E-state index is 12.9. The van der Waals surface area contributed by atoms with Crippen LogP contribution in [0.5, 0.6) is 5.75 Å². The number of aryl methyl sites for hydroxylation is 1. The predicted molar refractivity (Wildman–Crippen MR) is 121 cm³/mol. The third-order valence-electron chi connectivity index (χ3n) is 4.61. The van der Waals surface area contributed by atoms with E-state index in [9.17, 15) is 8.42 Å². The average Bonchev–Trinajstić information content (AvgIpc) is 3.15. The summed E-state index contributed by atoms with van der Waals surface area (Å²) in [6, 6.07) is 16.0. The number of benzene rings is 2. The summed E-state index contributed by atoms with van der Waals surface area (Å²) in [5.74, 6) is 0.310. The Kier molecular flexibility index (Phi) is 5.53. The molecule has 2 heterocycles. The Labute approximate surface area is 183 Å². The number of halogens is 1. The lowest BCUT2D eigenvalue weighted by Gasteiger charge is -2.13. The highest BCUT2D eigenvalue weighted by atomic mass is 79.9. The van der Waals surface area contributed by atoms with Gasteiger partial charge in [0.1, 0.15) is 16.3 Å². The standard InChI is InChI=1S/C22H20BrN3O3S/c1-3-29-20-11-8-17(23)13-21(20)30(27,28)25-18-9-6-16(7-10-18)19-14-26-12-4-5-15(2)22(26)24-19/h4-14,25H,3H2,1-2H3. The molecule has 4 rings (SSSR count). The molecule has 30 heavy (non-hydrogen) atoms. The van der Waals surface area contributed by atoms with Crippen molar-refractivity contribution in [2.45, 2.75) is 18.7 Å². The number of pyridine rings is 1. The lowest BCUT2D eigenvalue weighted by molar-refractivity contribution is 0.331. The van der Waals surface area contributed by atoms with Crippen LogP contribution < -0.4 is 9.46 Å². The first-order valence-corrected chi connectivity index (χ1v) is 11.6. The van der Waals surface area contributed by atoms with Crippen LogP contribution in [0.2, 0.25) is 0 Å². The van der Waals surface area contributed by atoms with E-state index in [1.165, 1.54) is 6.07 Å². The van der Waals surface area contributed by atoms with E-state index in [-0.39, 0.29) is 4.90 Å². The fourth-order valence-electron chi connectivity index (χ4n) is 3.18. The minimum Gasteiger partial charge on any atom is -0.492 e. The Morgan fingerprint density at radius 2 is 1.90 bits per heavy atom. The second kappa shape index (κ2) is 8.12. The van der Waals surface area contributed by atoms with E-state index in [1.807, 2.05) is 54.9 Å². The highest BCUT2D eigenvalue weighted by Crippen LogP contribution is 2.30. The summed E-state index contributed by atoms with van der Waals surface area (Å²) in [5, 5.41) is 0. The predicted octanol–water partition coefficient (Wildman–Crippen LogP) is 5.27. The number of ether oxygens (including phenoxy) is 1. The number of fused-ring (bicyclic) bond motifs is 1. The smallest absolute Gasteiger partial charge is 0.265 e. The molecule has 8 heteroatoms. The largest absolute Gasteiger partial charge is 0.492 e. The summed E-state index contributed by atoms with van der Waals surface area (Å²) in [5.41, 5.74) is 4.17. The minimum atomic E-state index is -3.82. The number of nitrogens with zero attached hydrogens (tertiary/aromatic N) is 2. The molecule has 4 aromatic rings. The molecule has 0 aliphatic heterocycles. The van der Waals surface area contributed by atoms with Crippen molar-refractivity contribution in [2.75, 3.05) is 11.3 Å². The second-order valence-electron chi connectivity index (χ2n) is 6.76. The molecule has 0 radical (unpaired) electrons. The van der Waals surface area contributed by atoms with Gasteiger partial charge in [0.25, 0.3) is 10.0 Å². The van der Waals surface area contributed by atoms with Gasteiger partial charge in [0.05, 0.1) is 12.3 Å². The van der Waals surface area contributed by atoms with Gasteiger partial charge in [-0.1, -0.05) is 34.1 Å². The van der Waals surface area contributed by atoms with E-state index in [0.29, 0.717) is 22.5 Å². The molecule has 0 bridgehead atoms. The second-order valence-corrected chi connectivity index (χ2v) is 9.32. The molecule has 0 aliphatic carbocycles. The average molecular weight is 486 g/mol. The first-order chi connectivity index (χ1) is 14.4. The van der Waals surface area contributed by atoms with Crippen molar-refractivity contribution in [3.05, 3.63) is 77.0 Å². The van der Waals surface area contributed by atoms with Crippen LogP contribution in [0.3, 0.4) is 0 Å². The van der Waals surface area contributed by atoms with Gasteiger partial charge in [0, 0.05) is 28.1 Å². The van der Waals surface area contributed by atoms with Crippen LogP contribution in [0.1, 0.15) is 12.5 Å². The summed E-state index contributed by atoms with van der Waals surface area (Å²) < 4.78 is 36.6. The molecular weight excluding hydrogens is 466 g/mol. The van der Waals surface area contributed by atoms with Gasteiger partial charge in [-0.05, 0) is 55.8 Å². The van der Waals surface area contributed by atoms with E-state index in [1.54, 1.807) is 24.3 Å². The van der Waals surface area contributed by atoms with Gasteiger partial charge in [-0.2, -0.15) is 0 Å². The zero-order valence-electron chi connectivity index (χ0n) is 16.5. The zero-order valence-corrected chi connectivity index (χ0v) is 18.9. The van der Waals surface area contributed by atoms with E-state index < -0.39 is 10.0 Å². The molecule has 0 saturated heterocycles. The van der Waals surface area contributed by atoms with Crippen molar-refractivity contribution in [2.24, 2.45) is 0 Å². The fraction of sp³-hybridized carbons (Fsp3) is 0.136. The molecule has 6 nitrogen and oxygen atoms in total. The molecule has 0 aliphatic rings. The van der Waals surface area contributed by atoms with Crippen molar-refractivity contribution < 1.29 is 13.2 Å². The van der Waals surface area contributed by atoms with Crippen molar-refractivity contribution in [1.82, 2.24) is 9.38 Å². The zero-order chi connectivity index (χ0) is 21.3. The quantitative estimate of drug-likeness (QED) is 0.403. The van der Waals surface area contributed by atoms with Crippen molar-refractivity contribution >= 4 is 37.3 Å². The summed E-state index contributed by atoms with van der Waals surface area (Å²) in [7, 11) is -3.82. The summed E-state index contributed by atoms with van der Waals surface area (Å²) in [4.78, 5) is 4.76. The van der Waals surface area contributed by atoms with Crippen LogP contribution in [-0.2, 0) is 10.0 Å². The van der Waals surface area contributed by atoms with Gasteiger partial charge >= 0.3 is 0 Å². The molecule has 1 N–H and O–H groups in total.